The Morgan fingerprint density at radius 1 is 1.69 bits per heavy atom. The molecule has 0 unspecified atom stereocenters. The number of rotatable bonds is 3. The summed E-state index contributed by atoms with van der Waals surface area (Å²) in [4.78, 5) is 15.6. The van der Waals surface area contributed by atoms with Gasteiger partial charge in [-0.2, -0.15) is 10.2 Å². The van der Waals surface area contributed by atoms with Gasteiger partial charge in [0.25, 0.3) is 5.91 Å². The molecule has 0 saturated carbocycles. The van der Waals surface area contributed by atoms with Gasteiger partial charge in [-0.3, -0.25) is 14.6 Å². The number of aromatic nitrogens is 5. The van der Waals surface area contributed by atoms with Crippen LogP contribution in [0.25, 0.3) is 0 Å². The number of nitrogens with one attached hydrogen (secondary N) is 2. The average Bonchev–Trinajstić information content (AvgIpc) is 2.84. The molecule has 2 aromatic rings. The quantitative estimate of drug-likeness (QED) is 0.618. The lowest BCUT2D eigenvalue weighted by atomic mass is 10.3. The van der Waals surface area contributed by atoms with Crippen molar-refractivity contribution in [2.45, 2.75) is 6.54 Å². The number of carbonyl (C=O) groups excluding carboxylic acids is 1. The molecule has 0 aromatic carbocycles. The minimum absolute atomic E-state index is 0.246. The van der Waals surface area contributed by atoms with Gasteiger partial charge >= 0.3 is 0 Å². The number of nitrogens with zero attached hydrogens (tertiary/aromatic N) is 4. The molecule has 0 saturated heterocycles. The van der Waals surface area contributed by atoms with E-state index in [0.29, 0.717) is 11.5 Å². The Morgan fingerprint density at radius 2 is 2.50 bits per heavy atom. The molecule has 8 nitrogen and oxygen atoms in total. The average molecular weight is 221 g/mol. The number of aryl methyl sites for hydroxylation is 1. The Labute approximate surface area is 90.9 Å². The Bertz CT molecular complexity index is 500. The Morgan fingerprint density at radius 3 is 3.06 bits per heavy atom. The Hall–Kier alpha value is -2.38. The van der Waals surface area contributed by atoms with Crippen molar-refractivity contribution in [1.29, 1.82) is 0 Å². The molecule has 0 spiro atoms. The SMILES string of the molecule is Cn1cnc(CNC(=O)c2[nH]ncc2N)n1. The molecule has 2 aromatic heterocycles. The van der Waals surface area contributed by atoms with E-state index in [1.165, 1.54) is 6.20 Å². The van der Waals surface area contributed by atoms with Crippen LogP contribution in [0, 0.1) is 0 Å². The van der Waals surface area contributed by atoms with Crippen LogP contribution in [0.15, 0.2) is 12.5 Å². The zero-order valence-corrected chi connectivity index (χ0v) is 8.64. The highest BCUT2D eigenvalue weighted by molar-refractivity contribution is 5.96. The molecule has 16 heavy (non-hydrogen) atoms. The van der Waals surface area contributed by atoms with Crippen LogP contribution >= 0.6 is 0 Å². The predicted molar refractivity (Wildman–Crippen MR) is 55.2 cm³/mol. The first-order chi connectivity index (χ1) is 7.66. The van der Waals surface area contributed by atoms with E-state index in [0.717, 1.165) is 0 Å². The zero-order chi connectivity index (χ0) is 11.5. The highest BCUT2D eigenvalue weighted by atomic mass is 16.1. The van der Waals surface area contributed by atoms with Crippen molar-refractivity contribution < 1.29 is 4.79 Å². The number of aromatic amines is 1. The summed E-state index contributed by atoms with van der Waals surface area (Å²) >= 11 is 0. The number of amides is 1. The number of nitrogens with two attached hydrogens (primary N) is 1. The van der Waals surface area contributed by atoms with E-state index in [1.807, 2.05) is 0 Å². The predicted octanol–water partition coefficient (Wildman–Crippen LogP) is -0.950. The fourth-order valence-corrected chi connectivity index (χ4v) is 1.19. The van der Waals surface area contributed by atoms with E-state index in [4.69, 9.17) is 5.73 Å². The maximum Gasteiger partial charge on any atom is 0.271 e. The molecule has 0 bridgehead atoms. The van der Waals surface area contributed by atoms with Crippen LogP contribution in [-0.4, -0.2) is 30.9 Å². The van der Waals surface area contributed by atoms with Crippen molar-refractivity contribution in [2.75, 3.05) is 5.73 Å². The van der Waals surface area contributed by atoms with Gasteiger partial charge in [-0.25, -0.2) is 4.98 Å². The van der Waals surface area contributed by atoms with E-state index >= 15 is 0 Å². The van der Waals surface area contributed by atoms with Crippen molar-refractivity contribution in [2.24, 2.45) is 7.05 Å². The van der Waals surface area contributed by atoms with Gasteiger partial charge in [0.1, 0.15) is 12.0 Å². The molecule has 1 amide bonds. The molecule has 84 valence electrons. The summed E-state index contributed by atoms with van der Waals surface area (Å²) in [6, 6.07) is 0. The topological polar surface area (TPSA) is 115 Å². The van der Waals surface area contributed by atoms with Gasteiger partial charge in [-0.05, 0) is 0 Å². The lowest BCUT2D eigenvalue weighted by Crippen LogP contribution is -2.24. The van der Waals surface area contributed by atoms with Crippen molar-refractivity contribution in [3.05, 3.63) is 24.0 Å². The largest absolute Gasteiger partial charge is 0.396 e. The molecule has 0 aliphatic carbocycles. The highest BCUT2D eigenvalue weighted by Crippen LogP contribution is 2.05. The molecule has 2 heterocycles. The summed E-state index contributed by atoms with van der Waals surface area (Å²) in [5.41, 5.74) is 6.08. The third kappa shape index (κ3) is 2.00. The number of anilines is 1. The number of nitrogen functional groups attached to an aromatic ring is 1. The maximum absolute atomic E-state index is 11.6. The van der Waals surface area contributed by atoms with Gasteiger partial charge in [0.05, 0.1) is 18.4 Å². The summed E-state index contributed by atoms with van der Waals surface area (Å²) < 4.78 is 1.56. The first kappa shape index (κ1) is 10.1. The monoisotopic (exact) mass is 221 g/mol. The van der Waals surface area contributed by atoms with Crippen molar-refractivity contribution in [1.82, 2.24) is 30.3 Å². The molecule has 0 aliphatic rings. The van der Waals surface area contributed by atoms with Gasteiger partial charge in [-0.1, -0.05) is 0 Å². The minimum Gasteiger partial charge on any atom is -0.396 e. The van der Waals surface area contributed by atoms with Gasteiger partial charge in [0.2, 0.25) is 0 Å². The molecule has 2 rings (SSSR count). The second-order valence-corrected chi connectivity index (χ2v) is 3.22. The third-order valence-electron chi connectivity index (χ3n) is 1.95. The molecule has 4 N–H and O–H groups in total. The Kier molecular flexibility index (Phi) is 2.54. The second-order valence-electron chi connectivity index (χ2n) is 3.22. The minimum atomic E-state index is -0.331. The van der Waals surface area contributed by atoms with Crippen molar-refractivity contribution >= 4 is 11.6 Å². The van der Waals surface area contributed by atoms with Gasteiger partial charge in [0, 0.05) is 7.05 Å². The van der Waals surface area contributed by atoms with Crippen molar-refractivity contribution in [3.63, 3.8) is 0 Å². The van der Waals surface area contributed by atoms with Crippen LogP contribution in [0.3, 0.4) is 0 Å². The summed E-state index contributed by atoms with van der Waals surface area (Å²) in [6.07, 6.45) is 2.94. The van der Waals surface area contributed by atoms with Crippen LogP contribution in [0.5, 0.6) is 0 Å². The summed E-state index contributed by atoms with van der Waals surface area (Å²) in [7, 11) is 1.76. The summed E-state index contributed by atoms with van der Waals surface area (Å²) in [5.74, 6) is 0.205. The standard InChI is InChI=1S/C8H11N7O/c1-15-4-11-6(14-15)3-10-8(16)7-5(9)2-12-13-7/h2,4H,3,9H2,1H3,(H,10,16)(H,12,13). The van der Waals surface area contributed by atoms with E-state index in [2.05, 4.69) is 25.6 Å². The lowest BCUT2D eigenvalue weighted by molar-refractivity contribution is 0.0945. The highest BCUT2D eigenvalue weighted by Gasteiger charge is 2.11. The third-order valence-corrected chi connectivity index (χ3v) is 1.95. The van der Waals surface area contributed by atoms with E-state index in [9.17, 15) is 4.79 Å². The molecule has 0 fully saturated rings. The lowest BCUT2D eigenvalue weighted by Gasteiger charge is -2.00. The zero-order valence-electron chi connectivity index (χ0n) is 8.64. The number of H-pyrrole nitrogens is 1. The number of carbonyl (C=O) groups is 1. The first-order valence-electron chi connectivity index (χ1n) is 4.58. The summed E-state index contributed by atoms with van der Waals surface area (Å²) in [6.45, 7) is 0.248. The van der Waals surface area contributed by atoms with Crippen molar-refractivity contribution in [3.8, 4) is 0 Å². The van der Waals surface area contributed by atoms with Crippen LogP contribution < -0.4 is 11.1 Å². The molecular weight excluding hydrogens is 210 g/mol. The molecule has 0 aliphatic heterocycles. The molecule has 8 heteroatoms. The molecular formula is C8H11N7O. The van der Waals surface area contributed by atoms with E-state index in [1.54, 1.807) is 18.1 Å². The second kappa shape index (κ2) is 4.01. The molecule has 0 radical (unpaired) electrons. The van der Waals surface area contributed by atoms with Crippen LogP contribution in [0.1, 0.15) is 16.3 Å². The van der Waals surface area contributed by atoms with Crippen LogP contribution in [0.4, 0.5) is 5.69 Å². The van der Waals surface area contributed by atoms with Crippen LogP contribution in [-0.2, 0) is 13.6 Å². The van der Waals surface area contributed by atoms with E-state index < -0.39 is 0 Å². The van der Waals surface area contributed by atoms with Gasteiger partial charge < -0.3 is 11.1 Å². The maximum atomic E-state index is 11.6. The fraction of sp³-hybridized carbons (Fsp3) is 0.250. The fourth-order valence-electron chi connectivity index (χ4n) is 1.19. The number of hydrogen-bond acceptors (Lipinski definition) is 5. The van der Waals surface area contributed by atoms with Crippen LogP contribution in [0.2, 0.25) is 0 Å². The Balaban J connectivity index is 1.96. The normalized spacial score (nSPS) is 10.3. The summed E-state index contributed by atoms with van der Waals surface area (Å²) in [5, 5.41) is 12.8. The van der Waals surface area contributed by atoms with E-state index in [-0.39, 0.29) is 18.1 Å². The van der Waals surface area contributed by atoms with Gasteiger partial charge in [-0.15, -0.1) is 0 Å². The van der Waals surface area contributed by atoms with Gasteiger partial charge in [0.15, 0.2) is 5.82 Å². The number of hydrogen-bond donors (Lipinski definition) is 3. The smallest absolute Gasteiger partial charge is 0.271 e. The molecule has 0 atom stereocenters. The first-order valence-corrected chi connectivity index (χ1v) is 4.58.